The maximum absolute atomic E-state index is 12.4. The summed E-state index contributed by atoms with van der Waals surface area (Å²) in [5.74, 6) is 1.42. The van der Waals surface area contributed by atoms with E-state index >= 15 is 0 Å². The van der Waals surface area contributed by atoms with Gasteiger partial charge in [-0.3, -0.25) is 9.80 Å². The van der Waals surface area contributed by atoms with Crippen molar-refractivity contribution >= 4 is 9.84 Å². The molecule has 2 saturated heterocycles. The van der Waals surface area contributed by atoms with Gasteiger partial charge in [-0.2, -0.15) is 0 Å². The van der Waals surface area contributed by atoms with E-state index in [0.717, 1.165) is 31.9 Å². The maximum atomic E-state index is 12.4. The van der Waals surface area contributed by atoms with Crippen molar-refractivity contribution in [3.05, 3.63) is 53.6 Å². The third-order valence-corrected chi connectivity index (χ3v) is 7.39. The van der Waals surface area contributed by atoms with E-state index < -0.39 is 9.84 Å². The fourth-order valence-electron chi connectivity index (χ4n) is 4.34. The molecule has 6 nitrogen and oxygen atoms in total. The monoisotopic (exact) mass is 374 g/mol. The van der Waals surface area contributed by atoms with Gasteiger partial charge in [0.05, 0.1) is 18.1 Å². The van der Waals surface area contributed by atoms with Gasteiger partial charge in [-0.1, -0.05) is 31.2 Å². The Labute approximate surface area is 155 Å². The van der Waals surface area contributed by atoms with Gasteiger partial charge in [0.15, 0.2) is 9.84 Å². The number of nitrogens with one attached hydrogen (secondary N) is 1. The number of aryl methyl sites for hydroxylation is 1. The number of sulfone groups is 1. The molecule has 2 fully saturated rings. The number of aromatic amines is 1. The van der Waals surface area contributed by atoms with Crippen LogP contribution in [0.15, 0.2) is 36.7 Å². The number of imidazole rings is 1. The number of fused-ring (bicyclic) bond motifs is 1. The third-order valence-electron chi connectivity index (χ3n) is 5.69. The fraction of sp³-hybridized carbons (Fsp3) is 0.526. The number of piperazine rings is 1. The lowest BCUT2D eigenvalue weighted by atomic mass is 10.0. The zero-order chi connectivity index (χ0) is 18.1. The predicted octanol–water partition coefficient (Wildman–Crippen LogP) is 1.46. The fourth-order valence-corrected chi connectivity index (χ4v) is 6.38. The van der Waals surface area contributed by atoms with E-state index in [4.69, 9.17) is 0 Å². The molecule has 0 aliphatic carbocycles. The molecular formula is C19H26N4O2S. The Morgan fingerprint density at radius 2 is 1.73 bits per heavy atom. The number of hydrogen-bond acceptors (Lipinski definition) is 5. The molecule has 1 N–H and O–H groups in total. The van der Waals surface area contributed by atoms with Gasteiger partial charge >= 0.3 is 0 Å². The van der Waals surface area contributed by atoms with Gasteiger partial charge in [0.2, 0.25) is 0 Å². The van der Waals surface area contributed by atoms with Crippen molar-refractivity contribution in [1.82, 2.24) is 19.8 Å². The van der Waals surface area contributed by atoms with Gasteiger partial charge in [-0.25, -0.2) is 13.4 Å². The highest BCUT2D eigenvalue weighted by molar-refractivity contribution is 7.91. The second kappa shape index (κ2) is 7.13. The Bertz CT molecular complexity index is 850. The molecule has 140 valence electrons. The molecular weight excluding hydrogens is 348 g/mol. The van der Waals surface area contributed by atoms with Crippen molar-refractivity contribution in [2.24, 2.45) is 0 Å². The standard InChI is InChI=1S/C19H26N4O2S/c1-2-15-5-3-4-6-16(15)11-22-9-10-23(12-19-20-7-8-21-19)18-14-26(24,25)13-17(18)22/h3-8,17-18H,2,9-14H2,1H3,(H,20,21)/t17-,18+/m1/s1. The van der Waals surface area contributed by atoms with Crippen molar-refractivity contribution in [2.45, 2.75) is 38.5 Å². The molecule has 0 unspecified atom stereocenters. The van der Waals surface area contributed by atoms with E-state index in [-0.39, 0.29) is 23.6 Å². The first-order chi connectivity index (χ1) is 12.6. The van der Waals surface area contributed by atoms with Crippen molar-refractivity contribution in [1.29, 1.82) is 0 Å². The summed E-state index contributed by atoms with van der Waals surface area (Å²) in [7, 11) is -3.00. The summed E-state index contributed by atoms with van der Waals surface area (Å²) in [6.07, 6.45) is 4.56. The van der Waals surface area contributed by atoms with Crippen LogP contribution in [0.3, 0.4) is 0 Å². The van der Waals surface area contributed by atoms with Gasteiger partial charge in [-0.05, 0) is 17.5 Å². The van der Waals surface area contributed by atoms with Crippen molar-refractivity contribution in [2.75, 3.05) is 24.6 Å². The molecule has 2 aliphatic heterocycles. The summed E-state index contributed by atoms with van der Waals surface area (Å²) in [4.78, 5) is 12.1. The SMILES string of the molecule is CCc1ccccc1CN1CCN(Cc2ncc[nH]2)[C@H]2CS(=O)(=O)C[C@H]21. The Morgan fingerprint density at radius 3 is 2.35 bits per heavy atom. The maximum Gasteiger partial charge on any atom is 0.153 e. The van der Waals surface area contributed by atoms with Crippen LogP contribution in [0.5, 0.6) is 0 Å². The quantitative estimate of drug-likeness (QED) is 0.858. The third kappa shape index (κ3) is 3.56. The number of benzene rings is 1. The zero-order valence-electron chi connectivity index (χ0n) is 15.1. The minimum atomic E-state index is -3.00. The first-order valence-corrected chi connectivity index (χ1v) is 11.1. The molecule has 1 aromatic heterocycles. The molecule has 0 amide bonds. The van der Waals surface area contributed by atoms with Gasteiger partial charge in [0.1, 0.15) is 5.82 Å². The lowest BCUT2D eigenvalue weighted by Crippen LogP contribution is -2.58. The number of nitrogens with zero attached hydrogens (tertiary/aromatic N) is 3. The van der Waals surface area contributed by atoms with Crippen LogP contribution < -0.4 is 0 Å². The first kappa shape index (κ1) is 17.7. The molecule has 2 atom stereocenters. The van der Waals surface area contributed by atoms with Crippen molar-refractivity contribution in [3.63, 3.8) is 0 Å². The summed E-state index contributed by atoms with van der Waals surface area (Å²) in [5, 5.41) is 0. The van der Waals surface area contributed by atoms with Gasteiger partial charge < -0.3 is 4.98 Å². The van der Waals surface area contributed by atoms with E-state index in [9.17, 15) is 8.42 Å². The average molecular weight is 375 g/mol. The van der Waals surface area contributed by atoms with E-state index in [2.05, 4.69) is 51.0 Å². The topological polar surface area (TPSA) is 69.3 Å². The number of H-pyrrole nitrogens is 1. The number of hydrogen-bond donors (Lipinski definition) is 1. The van der Waals surface area contributed by atoms with Crippen LogP contribution in [0.1, 0.15) is 23.9 Å². The van der Waals surface area contributed by atoms with Crippen LogP contribution in [-0.4, -0.2) is 64.9 Å². The first-order valence-electron chi connectivity index (χ1n) is 9.29. The molecule has 0 bridgehead atoms. The van der Waals surface area contributed by atoms with Crippen LogP contribution >= 0.6 is 0 Å². The molecule has 0 saturated carbocycles. The lowest BCUT2D eigenvalue weighted by Gasteiger charge is -2.43. The molecule has 4 rings (SSSR count). The Morgan fingerprint density at radius 1 is 1.08 bits per heavy atom. The van der Waals surface area contributed by atoms with Crippen LogP contribution in [0.25, 0.3) is 0 Å². The number of aromatic nitrogens is 2. The summed E-state index contributed by atoms with van der Waals surface area (Å²) in [5.41, 5.74) is 2.67. The second-order valence-corrected chi connectivity index (χ2v) is 9.46. The minimum absolute atomic E-state index is 0.0487. The normalized spacial score (nSPS) is 26.0. The largest absolute Gasteiger partial charge is 0.348 e. The van der Waals surface area contributed by atoms with Crippen LogP contribution in [0, 0.1) is 0 Å². The molecule has 2 aromatic rings. The molecule has 26 heavy (non-hydrogen) atoms. The Balaban J connectivity index is 1.55. The predicted molar refractivity (Wildman–Crippen MR) is 101 cm³/mol. The smallest absolute Gasteiger partial charge is 0.153 e. The second-order valence-electron chi connectivity index (χ2n) is 7.31. The summed E-state index contributed by atoms with van der Waals surface area (Å²) in [6, 6.07) is 8.61. The molecule has 0 spiro atoms. The molecule has 2 aliphatic rings. The summed E-state index contributed by atoms with van der Waals surface area (Å²) >= 11 is 0. The summed E-state index contributed by atoms with van der Waals surface area (Å²) in [6.45, 7) is 5.43. The molecule has 0 radical (unpaired) electrons. The van der Waals surface area contributed by atoms with Crippen LogP contribution in [-0.2, 0) is 29.3 Å². The Hall–Kier alpha value is -1.70. The highest BCUT2D eigenvalue weighted by atomic mass is 32.2. The number of rotatable bonds is 5. The van der Waals surface area contributed by atoms with Gasteiger partial charge in [-0.15, -0.1) is 0 Å². The van der Waals surface area contributed by atoms with E-state index in [0.29, 0.717) is 6.54 Å². The van der Waals surface area contributed by atoms with Crippen molar-refractivity contribution in [3.8, 4) is 0 Å². The average Bonchev–Trinajstić information content (AvgIpc) is 3.24. The van der Waals surface area contributed by atoms with E-state index in [1.807, 2.05) is 6.20 Å². The van der Waals surface area contributed by atoms with Gasteiger partial charge in [0.25, 0.3) is 0 Å². The molecule has 1 aromatic carbocycles. The Kier molecular flexibility index (Phi) is 4.86. The van der Waals surface area contributed by atoms with Gasteiger partial charge in [0, 0.05) is 44.1 Å². The van der Waals surface area contributed by atoms with E-state index in [1.165, 1.54) is 11.1 Å². The molecule has 7 heteroatoms. The summed E-state index contributed by atoms with van der Waals surface area (Å²) < 4.78 is 24.8. The highest BCUT2D eigenvalue weighted by Gasteiger charge is 2.46. The van der Waals surface area contributed by atoms with Crippen LogP contribution in [0.2, 0.25) is 0 Å². The highest BCUT2D eigenvalue weighted by Crippen LogP contribution is 2.29. The van der Waals surface area contributed by atoms with Crippen LogP contribution in [0.4, 0.5) is 0 Å². The van der Waals surface area contributed by atoms with Crippen molar-refractivity contribution < 1.29 is 8.42 Å². The molecule has 3 heterocycles. The van der Waals surface area contributed by atoms with E-state index in [1.54, 1.807) is 6.20 Å². The minimum Gasteiger partial charge on any atom is -0.348 e. The zero-order valence-corrected chi connectivity index (χ0v) is 16.0. The lowest BCUT2D eigenvalue weighted by molar-refractivity contribution is 0.0340.